The fourth-order valence-corrected chi connectivity index (χ4v) is 1.59. The molecular formula is C15H20FNO. The van der Waals surface area contributed by atoms with Crippen molar-refractivity contribution in [3.05, 3.63) is 29.6 Å². The zero-order valence-corrected chi connectivity index (χ0v) is 10.8. The molecule has 0 aromatic heterocycles. The largest absolute Gasteiger partial charge is 0.493 e. The fourth-order valence-electron chi connectivity index (χ4n) is 1.59. The third-order valence-corrected chi connectivity index (χ3v) is 2.47. The molecule has 0 aliphatic carbocycles. The second-order valence-corrected chi connectivity index (χ2v) is 4.09. The van der Waals surface area contributed by atoms with Crippen molar-refractivity contribution in [2.24, 2.45) is 5.73 Å². The Balaban J connectivity index is 2.52. The molecule has 1 aromatic rings. The summed E-state index contributed by atoms with van der Waals surface area (Å²) in [7, 11) is 0. The van der Waals surface area contributed by atoms with Gasteiger partial charge in [-0.25, -0.2) is 4.39 Å². The smallest absolute Gasteiger partial charge is 0.128 e. The van der Waals surface area contributed by atoms with Crippen LogP contribution in [0.25, 0.3) is 0 Å². The van der Waals surface area contributed by atoms with E-state index in [1.807, 2.05) is 0 Å². The highest BCUT2D eigenvalue weighted by Gasteiger charge is 2.00. The predicted octanol–water partition coefficient (Wildman–Crippen LogP) is 3.10. The van der Waals surface area contributed by atoms with Crippen LogP contribution >= 0.6 is 0 Å². The number of unbranched alkanes of at least 4 members (excludes halogenated alkanes) is 3. The number of benzene rings is 1. The van der Waals surface area contributed by atoms with Crippen molar-refractivity contribution in [3.8, 4) is 17.6 Å². The van der Waals surface area contributed by atoms with E-state index in [0.717, 1.165) is 12.8 Å². The Morgan fingerprint density at radius 2 is 2.06 bits per heavy atom. The van der Waals surface area contributed by atoms with Crippen molar-refractivity contribution in [1.82, 2.24) is 0 Å². The minimum Gasteiger partial charge on any atom is -0.493 e. The average molecular weight is 249 g/mol. The van der Waals surface area contributed by atoms with Crippen LogP contribution in [0.1, 0.15) is 38.2 Å². The molecule has 0 radical (unpaired) electrons. The van der Waals surface area contributed by atoms with Crippen LogP contribution in [0, 0.1) is 17.7 Å². The monoisotopic (exact) mass is 249 g/mol. The number of hydrogen-bond acceptors (Lipinski definition) is 2. The Hall–Kier alpha value is -1.53. The summed E-state index contributed by atoms with van der Waals surface area (Å²) < 4.78 is 18.8. The SMILES string of the molecule is CCCCCCOc1cc(F)cc(C#CCN)c1. The highest BCUT2D eigenvalue weighted by Crippen LogP contribution is 2.16. The van der Waals surface area contributed by atoms with Gasteiger partial charge < -0.3 is 10.5 Å². The first-order chi connectivity index (χ1) is 8.76. The zero-order chi connectivity index (χ0) is 13.2. The second kappa shape index (κ2) is 8.54. The number of halogens is 1. The maximum Gasteiger partial charge on any atom is 0.128 e. The molecule has 0 bridgehead atoms. The molecule has 0 unspecified atom stereocenters. The normalized spacial score (nSPS) is 9.72. The van der Waals surface area contributed by atoms with Gasteiger partial charge in [0.25, 0.3) is 0 Å². The Bertz CT molecular complexity index is 420. The van der Waals surface area contributed by atoms with E-state index in [9.17, 15) is 4.39 Å². The standard InChI is InChI=1S/C15H20FNO/c1-2-3-4-5-9-18-15-11-13(7-6-8-17)10-14(16)12-15/h10-12H,2-5,8-9,17H2,1H3. The minimum absolute atomic E-state index is 0.268. The third kappa shape index (κ3) is 5.70. The van der Waals surface area contributed by atoms with Crippen LogP contribution in [0.4, 0.5) is 4.39 Å². The summed E-state index contributed by atoms with van der Waals surface area (Å²) >= 11 is 0. The number of ether oxygens (including phenoxy) is 1. The maximum absolute atomic E-state index is 13.3. The van der Waals surface area contributed by atoms with E-state index in [1.165, 1.54) is 25.0 Å². The quantitative estimate of drug-likeness (QED) is 0.621. The highest BCUT2D eigenvalue weighted by atomic mass is 19.1. The number of rotatable bonds is 6. The number of nitrogens with two attached hydrogens (primary N) is 1. The molecular weight excluding hydrogens is 229 g/mol. The van der Waals surface area contributed by atoms with Crippen molar-refractivity contribution in [2.75, 3.05) is 13.2 Å². The third-order valence-electron chi connectivity index (χ3n) is 2.47. The van der Waals surface area contributed by atoms with Gasteiger partial charge in [-0.1, -0.05) is 38.0 Å². The minimum atomic E-state index is -0.331. The van der Waals surface area contributed by atoms with Crippen LogP contribution in [0.5, 0.6) is 5.75 Å². The van der Waals surface area contributed by atoms with Gasteiger partial charge >= 0.3 is 0 Å². The van der Waals surface area contributed by atoms with E-state index >= 15 is 0 Å². The molecule has 1 rings (SSSR count). The molecule has 2 N–H and O–H groups in total. The summed E-state index contributed by atoms with van der Waals surface area (Å²) in [5, 5.41) is 0. The summed E-state index contributed by atoms with van der Waals surface area (Å²) in [6.07, 6.45) is 4.54. The van der Waals surface area contributed by atoms with E-state index in [2.05, 4.69) is 18.8 Å². The fraction of sp³-hybridized carbons (Fsp3) is 0.467. The molecule has 18 heavy (non-hydrogen) atoms. The predicted molar refractivity (Wildman–Crippen MR) is 72.0 cm³/mol. The van der Waals surface area contributed by atoms with Gasteiger partial charge in [-0.2, -0.15) is 0 Å². The second-order valence-electron chi connectivity index (χ2n) is 4.09. The van der Waals surface area contributed by atoms with Crippen LogP contribution in [0.3, 0.4) is 0 Å². The van der Waals surface area contributed by atoms with Gasteiger partial charge in [0, 0.05) is 11.6 Å². The van der Waals surface area contributed by atoms with Gasteiger partial charge in [0.05, 0.1) is 13.2 Å². The van der Waals surface area contributed by atoms with E-state index in [-0.39, 0.29) is 12.4 Å². The molecule has 0 fully saturated rings. The molecule has 98 valence electrons. The van der Waals surface area contributed by atoms with Crippen LogP contribution in [0.2, 0.25) is 0 Å². The molecule has 0 aliphatic rings. The molecule has 0 saturated carbocycles. The number of hydrogen-bond donors (Lipinski definition) is 1. The van der Waals surface area contributed by atoms with Gasteiger partial charge in [-0.15, -0.1) is 0 Å². The maximum atomic E-state index is 13.3. The molecule has 0 heterocycles. The van der Waals surface area contributed by atoms with Crippen molar-refractivity contribution < 1.29 is 9.13 Å². The Labute approximate surface area is 108 Å². The zero-order valence-electron chi connectivity index (χ0n) is 10.8. The summed E-state index contributed by atoms with van der Waals surface area (Å²) in [6.45, 7) is 3.05. The molecule has 0 aliphatic heterocycles. The van der Waals surface area contributed by atoms with Gasteiger partial charge in [0.1, 0.15) is 11.6 Å². The Kier molecular flexibility index (Phi) is 6.90. The first kappa shape index (κ1) is 14.5. The van der Waals surface area contributed by atoms with E-state index in [1.54, 1.807) is 6.07 Å². The highest BCUT2D eigenvalue weighted by molar-refractivity contribution is 5.40. The van der Waals surface area contributed by atoms with Crippen LogP contribution in [-0.2, 0) is 0 Å². The summed E-state index contributed by atoms with van der Waals surface area (Å²) in [5.41, 5.74) is 5.88. The molecule has 3 heteroatoms. The Morgan fingerprint density at radius 3 is 2.78 bits per heavy atom. The lowest BCUT2D eigenvalue weighted by Crippen LogP contribution is -1.98. The van der Waals surface area contributed by atoms with Crippen molar-refractivity contribution >= 4 is 0 Å². The summed E-state index contributed by atoms with van der Waals surface area (Å²) in [4.78, 5) is 0. The van der Waals surface area contributed by atoms with Gasteiger partial charge in [0.15, 0.2) is 0 Å². The first-order valence-electron chi connectivity index (χ1n) is 6.38. The van der Waals surface area contributed by atoms with Crippen molar-refractivity contribution in [1.29, 1.82) is 0 Å². The lowest BCUT2D eigenvalue weighted by Gasteiger charge is -2.06. The van der Waals surface area contributed by atoms with Gasteiger partial charge in [0.2, 0.25) is 0 Å². The summed E-state index contributed by atoms with van der Waals surface area (Å²) in [6, 6.07) is 4.51. The molecule has 0 amide bonds. The topological polar surface area (TPSA) is 35.2 Å². The van der Waals surface area contributed by atoms with Gasteiger partial charge in [-0.3, -0.25) is 0 Å². The Morgan fingerprint density at radius 1 is 1.22 bits per heavy atom. The molecule has 0 atom stereocenters. The first-order valence-corrected chi connectivity index (χ1v) is 6.38. The van der Waals surface area contributed by atoms with Crippen LogP contribution in [0.15, 0.2) is 18.2 Å². The van der Waals surface area contributed by atoms with Crippen LogP contribution in [-0.4, -0.2) is 13.2 Å². The average Bonchev–Trinajstić information content (AvgIpc) is 2.35. The van der Waals surface area contributed by atoms with Crippen molar-refractivity contribution in [2.45, 2.75) is 32.6 Å². The lowest BCUT2D eigenvalue weighted by molar-refractivity contribution is 0.303. The van der Waals surface area contributed by atoms with E-state index < -0.39 is 0 Å². The molecule has 2 nitrogen and oxygen atoms in total. The molecule has 0 saturated heterocycles. The van der Waals surface area contributed by atoms with Crippen LogP contribution < -0.4 is 10.5 Å². The lowest BCUT2D eigenvalue weighted by atomic mass is 10.2. The van der Waals surface area contributed by atoms with Gasteiger partial charge in [-0.05, 0) is 18.6 Å². The van der Waals surface area contributed by atoms with E-state index in [4.69, 9.17) is 10.5 Å². The summed E-state index contributed by atoms with van der Waals surface area (Å²) in [5.74, 6) is 5.70. The van der Waals surface area contributed by atoms with Crippen molar-refractivity contribution in [3.63, 3.8) is 0 Å². The molecule has 1 aromatic carbocycles. The van der Waals surface area contributed by atoms with E-state index in [0.29, 0.717) is 17.9 Å². The molecule has 0 spiro atoms.